The maximum absolute atomic E-state index is 13.5. The summed E-state index contributed by atoms with van der Waals surface area (Å²) < 4.78 is -1.52. The van der Waals surface area contributed by atoms with Crippen LogP contribution in [-0.2, 0) is 20.8 Å². The van der Waals surface area contributed by atoms with E-state index in [2.05, 4.69) is 51.7 Å². The summed E-state index contributed by atoms with van der Waals surface area (Å²) in [6, 6.07) is 37.1. The molecule has 220 valence electrons. The third-order valence-corrected chi connectivity index (χ3v) is 10.4. The first kappa shape index (κ1) is 30.4. The van der Waals surface area contributed by atoms with Gasteiger partial charge in [-0.25, -0.2) is 9.78 Å². The minimum absolute atomic E-state index is 0.166. The van der Waals surface area contributed by atoms with E-state index in [1.807, 2.05) is 92.7 Å². The smallest absolute Gasteiger partial charge is 0.327 e. The van der Waals surface area contributed by atoms with E-state index in [1.54, 1.807) is 0 Å². The topological polar surface area (TPSA) is 95.1 Å². The lowest BCUT2D eigenvalue weighted by atomic mass is 9.84. The summed E-state index contributed by atoms with van der Waals surface area (Å²) in [6.07, 6.45) is 0.669. The largest absolute Gasteiger partial charge is 0.480 e. The molecule has 1 amide bonds. The second-order valence-electron chi connectivity index (χ2n) is 10.8. The molecule has 8 heteroatoms. The van der Waals surface area contributed by atoms with Crippen LogP contribution in [-0.4, -0.2) is 49.2 Å². The summed E-state index contributed by atoms with van der Waals surface area (Å²) in [4.78, 5) is 33.9. The molecule has 43 heavy (non-hydrogen) atoms. The van der Waals surface area contributed by atoms with Crippen molar-refractivity contribution in [2.45, 2.75) is 35.8 Å². The predicted octanol–water partition coefficient (Wildman–Crippen LogP) is 6.91. The molecular formula is C35H35N3O3S2. The Labute approximate surface area is 260 Å². The minimum Gasteiger partial charge on any atom is -0.480 e. The Morgan fingerprint density at radius 2 is 1.30 bits per heavy atom. The lowest BCUT2D eigenvalue weighted by molar-refractivity contribution is -0.141. The van der Waals surface area contributed by atoms with Gasteiger partial charge in [-0.3, -0.25) is 4.79 Å². The fourth-order valence-corrected chi connectivity index (χ4v) is 7.62. The Hall–Kier alpha value is -4.01. The Bertz CT molecular complexity index is 1530. The lowest BCUT2D eigenvalue weighted by Gasteiger charge is -2.36. The number of hydrogen-bond donors (Lipinski definition) is 3. The van der Waals surface area contributed by atoms with E-state index < -0.39 is 21.5 Å². The van der Waals surface area contributed by atoms with E-state index in [9.17, 15) is 14.7 Å². The van der Waals surface area contributed by atoms with Gasteiger partial charge in [0.2, 0.25) is 5.91 Å². The normalized spacial score (nSPS) is 12.6. The summed E-state index contributed by atoms with van der Waals surface area (Å²) in [5.41, 5.74) is 5.01. The molecule has 6 nitrogen and oxygen atoms in total. The highest BCUT2D eigenvalue weighted by Crippen LogP contribution is 2.48. The molecule has 5 aromatic rings. The first-order valence-corrected chi connectivity index (χ1v) is 16.2. The highest BCUT2D eigenvalue weighted by Gasteiger charge is 2.39. The van der Waals surface area contributed by atoms with Crippen LogP contribution in [0.2, 0.25) is 0 Å². The highest BCUT2D eigenvalue weighted by atomic mass is 32.2. The maximum Gasteiger partial charge on any atom is 0.327 e. The average molecular weight is 610 g/mol. The molecule has 0 bridgehead atoms. The zero-order valence-electron chi connectivity index (χ0n) is 24.2. The number of carbonyl (C=O) groups excluding carboxylic acids is 1. The molecule has 0 aliphatic rings. The number of fused-ring (bicyclic) bond motifs is 1. The molecule has 0 aliphatic heterocycles. The lowest BCUT2D eigenvalue weighted by Crippen LogP contribution is -2.50. The third kappa shape index (κ3) is 6.98. The van der Waals surface area contributed by atoms with Crippen molar-refractivity contribution in [1.29, 1.82) is 0 Å². The van der Waals surface area contributed by atoms with Crippen molar-refractivity contribution < 1.29 is 14.7 Å². The van der Waals surface area contributed by atoms with Gasteiger partial charge in [0.1, 0.15) is 11.9 Å². The number of nitrogens with zero attached hydrogens (tertiary/aromatic N) is 1. The monoisotopic (exact) mass is 609 g/mol. The second-order valence-corrected chi connectivity index (χ2v) is 13.7. The van der Waals surface area contributed by atoms with Gasteiger partial charge in [-0.05, 0) is 42.7 Å². The number of rotatable bonds is 13. The van der Waals surface area contributed by atoms with E-state index in [1.165, 1.54) is 23.5 Å². The SMILES string of the molecule is CC(C)(SCCc1nc2ccccc2[nH]1)C(=O)N[C@@H](CSC(c1ccccc1)(c1ccccc1)c1ccccc1)C(=O)O. The Morgan fingerprint density at radius 1 is 0.791 bits per heavy atom. The van der Waals surface area contributed by atoms with Crippen molar-refractivity contribution >= 4 is 46.4 Å². The number of aromatic amines is 1. The van der Waals surface area contributed by atoms with Gasteiger partial charge in [0.25, 0.3) is 0 Å². The van der Waals surface area contributed by atoms with Gasteiger partial charge < -0.3 is 15.4 Å². The van der Waals surface area contributed by atoms with Crippen molar-refractivity contribution in [2.24, 2.45) is 0 Å². The van der Waals surface area contributed by atoms with Gasteiger partial charge in [-0.1, -0.05) is 103 Å². The van der Waals surface area contributed by atoms with Gasteiger partial charge in [0.15, 0.2) is 0 Å². The molecule has 5 rings (SSSR count). The van der Waals surface area contributed by atoms with Crippen LogP contribution in [0.1, 0.15) is 36.4 Å². The van der Waals surface area contributed by atoms with Crippen LogP contribution in [0.3, 0.4) is 0 Å². The van der Waals surface area contributed by atoms with Gasteiger partial charge in [-0.15, -0.1) is 23.5 Å². The second kappa shape index (κ2) is 13.5. The zero-order chi connectivity index (χ0) is 30.3. The number of benzene rings is 4. The summed E-state index contributed by atoms with van der Waals surface area (Å²) in [6.45, 7) is 3.67. The van der Waals surface area contributed by atoms with Crippen LogP contribution >= 0.6 is 23.5 Å². The molecule has 0 radical (unpaired) electrons. The molecule has 3 N–H and O–H groups in total. The van der Waals surface area contributed by atoms with Crippen LogP contribution in [0, 0.1) is 0 Å². The molecule has 0 fully saturated rings. The minimum atomic E-state index is -1.08. The summed E-state index contributed by atoms with van der Waals surface area (Å²) in [7, 11) is 0. The number of aryl methyl sites for hydroxylation is 1. The quantitative estimate of drug-likeness (QED) is 0.126. The summed E-state index contributed by atoms with van der Waals surface area (Å²) in [5.74, 6) is 0.321. The molecule has 1 atom stereocenters. The fraction of sp³-hybridized carbons (Fsp3) is 0.229. The number of carbonyl (C=O) groups is 2. The number of hydrogen-bond acceptors (Lipinski definition) is 5. The zero-order valence-corrected chi connectivity index (χ0v) is 25.8. The van der Waals surface area contributed by atoms with Gasteiger partial charge >= 0.3 is 5.97 Å². The number of para-hydroxylation sites is 2. The van der Waals surface area contributed by atoms with E-state index in [0.717, 1.165) is 33.5 Å². The molecule has 0 spiro atoms. The first-order valence-electron chi connectivity index (χ1n) is 14.2. The van der Waals surface area contributed by atoms with Crippen LogP contribution in [0.25, 0.3) is 11.0 Å². The van der Waals surface area contributed by atoms with Gasteiger partial charge in [0, 0.05) is 17.9 Å². The van der Waals surface area contributed by atoms with E-state index in [-0.39, 0.29) is 11.7 Å². The summed E-state index contributed by atoms with van der Waals surface area (Å²) in [5, 5.41) is 13.1. The number of carboxylic acid groups (broad SMARTS) is 1. The van der Waals surface area contributed by atoms with Crippen LogP contribution < -0.4 is 5.32 Å². The third-order valence-electron chi connectivity index (χ3n) is 7.40. The van der Waals surface area contributed by atoms with Crippen LogP contribution in [0.5, 0.6) is 0 Å². The Kier molecular flexibility index (Phi) is 9.58. The van der Waals surface area contributed by atoms with Crippen LogP contribution in [0.15, 0.2) is 115 Å². The van der Waals surface area contributed by atoms with Crippen molar-refractivity contribution in [1.82, 2.24) is 15.3 Å². The number of aromatic nitrogens is 2. The number of amides is 1. The molecule has 1 aromatic heterocycles. The molecule has 4 aromatic carbocycles. The molecule has 1 heterocycles. The van der Waals surface area contributed by atoms with Crippen molar-refractivity contribution in [3.63, 3.8) is 0 Å². The molecule has 0 saturated heterocycles. The molecule has 0 saturated carbocycles. The molecule has 0 unspecified atom stereocenters. The van der Waals surface area contributed by atoms with E-state index in [0.29, 0.717) is 12.2 Å². The predicted molar refractivity (Wildman–Crippen MR) is 178 cm³/mol. The van der Waals surface area contributed by atoms with E-state index >= 15 is 0 Å². The van der Waals surface area contributed by atoms with Crippen molar-refractivity contribution in [3.8, 4) is 0 Å². The fourth-order valence-electron chi connectivity index (χ4n) is 5.08. The Balaban J connectivity index is 1.33. The molecular weight excluding hydrogens is 575 g/mol. The summed E-state index contributed by atoms with van der Waals surface area (Å²) >= 11 is 3.01. The van der Waals surface area contributed by atoms with Crippen molar-refractivity contribution in [3.05, 3.63) is 138 Å². The van der Waals surface area contributed by atoms with E-state index in [4.69, 9.17) is 0 Å². The number of nitrogens with one attached hydrogen (secondary N) is 2. The standard InChI is InChI=1S/C35H35N3O3S2/c1-34(2,42-23-22-31-36-28-20-12-13-21-29(28)37-31)33(41)38-30(32(39)40)24-43-35(25-14-6-3-7-15-25,26-16-8-4-9-17-26)27-18-10-5-11-19-27/h3-21,30H,22-24H2,1-2H3,(H,36,37)(H,38,41)(H,39,40)/t30-/m0/s1. The Morgan fingerprint density at radius 3 is 1.81 bits per heavy atom. The first-order chi connectivity index (χ1) is 20.8. The molecule has 0 aliphatic carbocycles. The number of imidazole rings is 1. The number of thioether (sulfide) groups is 2. The number of carboxylic acids is 1. The average Bonchev–Trinajstić information content (AvgIpc) is 3.45. The number of H-pyrrole nitrogens is 1. The van der Waals surface area contributed by atoms with Gasteiger partial charge in [-0.2, -0.15) is 0 Å². The maximum atomic E-state index is 13.5. The number of aliphatic carboxylic acids is 1. The highest BCUT2D eigenvalue weighted by molar-refractivity contribution is 8.01. The van der Waals surface area contributed by atoms with Crippen molar-refractivity contribution in [2.75, 3.05) is 11.5 Å². The van der Waals surface area contributed by atoms with Gasteiger partial charge in [0.05, 0.1) is 20.5 Å². The van der Waals surface area contributed by atoms with Crippen LogP contribution in [0.4, 0.5) is 0 Å².